The summed E-state index contributed by atoms with van der Waals surface area (Å²) in [7, 11) is 0. The Morgan fingerprint density at radius 2 is 0.932 bits per heavy atom. The lowest BCUT2D eigenvalue weighted by molar-refractivity contribution is 0.00837. The zero-order valence-electron chi connectivity index (χ0n) is 24.7. The molecule has 1 fully saturated rings. The van der Waals surface area contributed by atoms with Crippen molar-refractivity contribution >= 4 is 11.8 Å². The highest BCUT2D eigenvalue weighted by Gasteiger charge is 2.14. The lowest BCUT2D eigenvalue weighted by Gasteiger charge is -2.24. The molecule has 0 bridgehead atoms. The Labute approximate surface area is 254 Å². The van der Waals surface area contributed by atoms with Crippen LogP contribution in [0.3, 0.4) is 0 Å². The predicted octanol–water partition coefficient (Wildman–Crippen LogP) is -1.67. The van der Waals surface area contributed by atoms with E-state index in [2.05, 4.69) is 20.4 Å². The fraction of sp³-hybridized carbons (Fsp3) is 0.571. The van der Waals surface area contributed by atoms with Gasteiger partial charge in [0.25, 0.3) is 22.9 Å². The number of hydrogen-bond acceptors (Lipinski definition) is 12. The second-order valence-corrected chi connectivity index (χ2v) is 9.77. The molecule has 2 amide bonds. The lowest BCUT2D eigenvalue weighted by atomic mass is 10.3. The molecule has 3 rings (SSSR count). The third kappa shape index (κ3) is 12.1. The summed E-state index contributed by atoms with van der Waals surface area (Å²) in [6.45, 7) is 7.41. The second-order valence-electron chi connectivity index (χ2n) is 9.77. The van der Waals surface area contributed by atoms with Crippen LogP contribution < -0.4 is 21.8 Å². The van der Waals surface area contributed by atoms with Gasteiger partial charge in [-0.2, -0.15) is 0 Å². The van der Waals surface area contributed by atoms with Crippen molar-refractivity contribution in [1.29, 1.82) is 0 Å². The van der Waals surface area contributed by atoms with Gasteiger partial charge >= 0.3 is 0 Å². The Morgan fingerprint density at radius 3 is 1.27 bits per heavy atom. The van der Waals surface area contributed by atoms with E-state index in [1.165, 1.54) is 24.3 Å². The van der Waals surface area contributed by atoms with Crippen LogP contribution in [0.1, 0.15) is 21.0 Å². The van der Waals surface area contributed by atoms with E-state index in [0.717, 1.165) is 12.1 Å². The van der Waals surface area contributed by atoms with E-state index in [-0.39, 0.29) is 11.4 Å². The van der Waals surface area contributed by atoms with Crippen LogP contribution in [-0.2, 0) is 18.9 Å². The Kier molecular flexibility index (Phi) is 15.4. The summed E-state index contributed by atoms with van der Waals surface area (Å²) < 4.78 is 23.5. The predicted molar refractivity (Wildman–Crippen MR) is 157 cm³/mol. The van der Waals surface area contributed by atoms with Crippen molar-refractivity contribution in [3.63, 3.8) is 0 Å². The summed E-state index contributed by atoms with van der Waals surface area (Å²) in [4.78, 5) is 52.0. The van der Waals surface area contributed by atoms with Crippen molar-refractivity contribution in [2.75, 3.05) is 105 Å². The molecular weight excluding hydrogens is 580 g/mol. The number of carbonyl (C=O) groups is 2. The zero-order valence-corrected chi connectivity index (χ0v) is 24.7. The van der Waals surface area contributed by atoms with Crippen molar-refractivity contribution in [3.8, 4) is 0 Å². The van der Waals surface area contributed by atoms with E-state index in [1.54, 1.807) is 0 Å². The fourth-order valence-electron chi connectivity index (χ4n) is 4.23. The quantitative estimate of drug-likeness (QED) is 0.246. The van der Waals surface area contributed by atoms with E-state index in [0.29, 0.717) is 115 Å². The molecule has 2 aromatic heterocycles. The van der Waals surface area contributed by atoms with Gasteiger partial charge in [0.2, 0.25) is 0 Å². The van der Waals surface area contributed by atoms with Crippen molar-refractivity contribution in [1.82, 2.24) is 29.9 Å². The van der Waals surface area contributed by atoms with Gasteiger partial charge in [-0.15, -0.1) is 9.46 Å². The van der Waals surface area contributed by atoms with Crippen LogP contribution in [-0.4, -0.2) is 147 Å². The molecule has 44 heavy (non-hydrogen) atoms. The maximum absolute atomic E-state index is 12.4. The molecule has 1 aliphatic rings. The summed E-state index contributed by atoms with van der Waals surface area (Å²) in [5.41, 5.74) is -1.64. The van der Waals surface area contributed by atoms with Gasteiger partial charge in [-0.25, -0.2) is 0 Å². The van der Waals surface area contributed by atoms with Crippen LogP contribution in [0.15, 0.2) is 46.0 Å². The van der Waals surface area contributed by atoms with Gasteiger partial charge in [0.05, 0.1) is 52.9 Å². The van der Waals surface area contributed by atoms with Crippen molar-refractivity contribution in [2.24, 2.45) is 0 Å². The first-order valence-corrected chi connectivity index (χ1v) is 14.5. The number of rotatable bonds is 8. The molecule has 16 heteroatoms. The van der Waals surface area contributed by atoms with Crippen LogP contribution >= 0.6 is 0 Å². The molecule has 1 aliphatic heterocycles. The summed E-state index contributed by atoms with van der Waals surface area (Å²) in [6.07, 6.45) is 0. The van der Waals surface area contributed by atoms with Crippen LogP contribution in [0, 0.1) is 0 Å². The van der Waals surface area contributed by atoms with E-state index < -0.39 is 22.9 Å². The van der Waals surface area contributed by atoms with Crippen LogP contribution in [0.4, 0.5) is 0 Å². The van der Waals surface area contributed by atoms with E-state index in [9.17, 15) is 29.6 Å². The number of hydrogen-bond donors (Lipinski definition) is 4. The standard InChI is InChI=1S/C28H42N6O10/c35-25-5-1-3-23(33(25)39)27(37)29-7-9-31-11-15-41-19-21-43-17-13-32(14-18-44-22-20-42-16-12-31)10-8-30-28(38)24-4-2-6-26(36)34(24)40/h1-6,39-40H,7-22H2,(H,29,37)(H,30,38). The zero-order chi connectivity index (χ0) is 31.6. The van der Waals surface area contributed by atoms with Crippen LogP contribution in [0.25, 0.3) is 0 Å². The number of pyridine rings is 2. The molecule has 0 unspecified atom stereocenters. The van der Waals surface area contributed by atoms with E-state index >= 15 is 0 Å². The number of aromatic nitrogens is 2. The van der Waals surface area contributed by atoms with Crippen molar-refractivity contribution in [3.05, 3.63) is 68.5 Å². The smallest absolute Gasteiger partial charge is 0.283 e. The Morgan fingerprint density at radius 1 is 0.591 bits per heavy atom. The largest absolute Gasteiger partial charge is 0.425 e. The average Bonchev–Trinajstić information content (AvgIpc) is 3.01. The van der Waals surface area contributed by atoms with Gasteiger partial charge in [-0.1, -0.05) is 12.1 Å². The van der Waals surface area contributed by atoms with Gasteiger partial charge in [-0.3, -0.25) is 29.0 Å². The molecule has 0 atom stereocenters. The number of nitrogens with one attached hydrogen (secondary N) is 2. The fourth-order valence-corrected chi connectivity index (χ4v) is 4.23. The summed E-state index contributed by atoms with van der Waals surface area (Å²) in [6, 6.07) is 7.86. The van der Waals surface area contributed by atoms with E-state index in [1.807, 2.05) is 0 Å². The highest BCUT2D eigenvalue weighted by atomic mass is 16.5. The molecule has 2 aromatic rings. The number of ether oxygens (including phenoxy) is 4. The SMILES string of the molecule is O=C(NCCN1CCOCCOCCN(CCNC(=O)c2cccc(=O)n2O)CCOCCOCC1)c1cccc(=O)n1O. The summed E-state index contributed by atoms with van der Waals surface area (Å²) in [5.74, 6) is -1.11. The molecule has 0 aromatic carbocycles. The van der Waals surface area contributed by atoms with Crippen molar-refractivity contribution < 1.29 is 39.0 Å². The summed E-state index contributed by atoms with van der Waals surface area (Å²) >= 11 is 0. The Hall–Kier alpha value is -3.80. The molecule has 16 nitrogen and oxygen atoms in total. The molecule has 1 saturated heterocycles. The average molecular weight is 623 g/mol. The number of nitrogens with zero attached hydrogens (tertiary/aromatic N) is 4. The minimum absolute atomic E-state index is 0.137. The Balaban J connectivity index is 1.38. The first-order valence-electron chi connectivity index (χ1n) is 14.5. The topological polar surface area (TPSA) is 186 Å². The molecule has 244 valence electrons. The van der Waals surface area contributed by atoms with Gasteiger partial charge in [0.15, 0.2) is 0 Å². The molecule has 0 aliphatic carbocycles. The Bertz CT molecular complexity index is 1170. The van der Waals surface area contributed by atoms with Gasteiger partial charge < -0.3 is 40.0 Å². The van der Waals surface area contributed by atoms with Crippen LogP contribution in [0.5, 0.6) is 0 Å². The molecule has 0 radical (unpaired) electrons. The molecule has 4 N–H and O–H groups in total. The number of carbonyl (C=O) groups excluding carboxylic acids is 2. The molecule has 0 spiro atoms. The molecule has 3 heterocycles. The normalized spacial score (nSPS) is 17.3. The van der Waals surface area contributed by atoms with Gasteiger partial charge in [0, 0.05) is 64.5 Å². The highest BCUT2D eigenvalue weighted by Crippen LogP contribution is 1.97. The monoisotopic (exact) mass is 622 g/mol. The minimum atomic E-state index is -0.683. The minimum Gasteiger partial charge on any atom is -0.425 e. The molecular formula is C28H42N6O10. The van der Waals surface area contributed by atoms with E-state index in [4.69, 9.17) is 18.9 Å². The summed E-state index contributed by atoms with van der Waals surface area (Å²) in [5, 5.41) is 25.0. The van der Waals surface area contributed by atoms with Crippen molar-refractivity contribution in [2.45, 2.75) is 0 Å². The van der Waals surface area contributed by atoms with Crippen LogP contribution in [0.2, 0.25) is 0 Å². The number of amides is 2. The molecule has 0 saturated carbocycles. The second kappa shape index (κ2) is 19.5. The lowest BCUT2D eigenvalue weighted by Crippen LogP contribution is -2.40. The first kappa shape index (κ1) is 34.7. The maximum atomic E-state index is 12.4. The third-order valence-corrected chi connectivity index (χ3v) is 6.70. The maximum Gasteiger partial charge on any atom is 0.283 e. The van der Waals surface area contributed by atoms with Gasteiger partial charge in [-0.05, 0) is 12.1 Å². The first-order chi connectivity index (χ1) is 21.4. The highest BCUT2D eigenvalue weighted by molar-refractivity contribution is 5.92. The third-order valence-electron chi connectivity index (χ3n) is 6.70. The van der Waals surface area contributed by atoms with Gasteiger partial charge in [0.1, 0.15) is 11.4 Å².